The molecule has 2 aromatic rings. The molecule has 0 spiro atoms. The highest BCUT2D eigenvalue weighted by Gasteiger charge is 2.46. The van der Waals surface area contributed by atoms with Gasteiger partial charge in [-0.05, 0) is 41.2 Å². The molecule has 2 amide bonds. The minimum atomic E-state index is -0.565. The molecule has 0 bridgehead atoms. The molecule has 4 heterocycles. The number of fused-ring (bicyclic) bond motifs is 1. The molecular weight excluding hydrogens is 399 g/mol. The number of likely N-dealkylation sites (N-methyl/N-ethyl adjacent to an activating group) is 1. The predicted octanol–water partition coefficient (Wildman–Crippen LogP) is 2.98. The normalized spacial score (nSPS) is 23.2. The molecule has 9 nitrogen and oxygen atoms in total. The number of piperazine rings is 1. The lowest BCUT2D eigenvalue weighted by molar-refractivity contribution is 0.0373. The zero-order valence-corrected chi connectivity index (χ0v) is 19.0. The topological polar surface area (TPSA) is 93.3 Å². The van der Waals surface area contributed by atoms with E-state index >= 15 is 0 Å². The van der Waals surface area contributed by atoms with Crippen molar-refractivity contribution < 1.29 is 9.18 Å². The van der Waals surface area contributed by atoms with Crippen molar-refractivity contribution in [3.8, 4) is 0 Å². The smallest absolute Gasteiger partial charge is 0.321 e. The van der Waals surface area contributed by atoms with Crippen molar-refractivity contribution in [1.29, 1.82) is 0 Å². The Balaban J connectivity index is 1.57. The highest BCUT2D eigenvalue weighted by Crippen LogP contribution is 2.42. The van der Waals surface area contributed by atoms with E-state index in [2.05, 4.69) is 51.2 Å². The van der Waals surface area contributed by atoms with E-state index in [1.54, 1.807) is 6.92 Å². The lowest BCUT2D eigenvalue weighted by atomic mass is 10.0. The van der Waals surface area contributed by atoms with Crippen LogP contribution in [0.4, 0.5) is 20.8 Å². The van der Waals surface area contributed by atoms with Crippen LogP contribution in [0.1, 0.15) is 51.7 Å². The number of nitrogens with zero attached hydrogens (tertiary/aromatic N) is 6. The molecule has 0 aliphatic carbocycles. The lowest BCUT2D eigenvalue weighted by Gasteiger charge is -2.46. The molecule has 1 fully saturated rings. The highest BCUT2D eigenvalue weighted by molar-refractivity contribution is 5.78. The number of aromatic nitrogens is 4. The number of carbonyl (C=O) groups is 1. The van der Waals surface area contributed by atoms with E-state index in [0.717, 1.165) is 30.5 Å². The van der Waals surface area contributed by atoms with Crippen molar-refractivity contribution in [3.63, 3.8) is 0 Å². The minimum absolute atomic E-state index is 0.0136. The van der Waals surface area contributed by atoms with Crippen LogP contribution < -0.4 is 5.32 Å². The number of hydrogen-bond donors (Lipinski definition) is 2. The molecule has 2 aliphatic heterocycles. The Kier molecular flexibility index (Phi) is 5.36. The zero-order chi connectivity index (χ0) is 22.5. The van der Waals surface area contributed by atoms with Gasteiger partial charge in [-0.15, -0.1) is 0 Å². The van der Waals surface area contributed by atoms with Crippen LogP contribution in [0.15, 0.2) is 6.20 Å². The average molecular weight is 431 g/mol. The first-order valence-corrected chi connectivity index (χ1v) is 10.8. The van der Waals surface area contributed by atoms with Crippen LogP contribution in [0, 0.1) is 12.7 Å². The maximum atomic E-state index is 14.2. The number of halogens is 1. The number of hydrogen-bond acceptors (Lipinski definition) is 6. The van der Waals surface area contributed by atoms with E-state index in [1.165, 1.54) is 0 Å². The number of H-pyrrole nitrogens is 1. The highest BCUT2D eigenvalue weighted by atomic mass is 19.1. The van der Waals surface area contributed by atoms with E-state index in [0.29, 0.717) is 30.8 Å². The first kappa shape index (κ1) is 21.5. The number of aromatic amines is 1. The number of anilines is 2. The van der Waals surface area contributed by atoms with Gasteiger partial charge in [-0.1, -0.05) is 6.92 Å². The van der Waals surface area contributed by atoms with Gasteiger partial charge in [0.2, 0.25) is 0 Å². The number of amides is 2. The Morgan fingerprint density at radius 1 is 1.29 bits per heavy atom. The van der Waals surface area contributed by atoms with Gasteiger partial charge in [0, 0.05) is 30.7 Å². The van der Waals surface area contributed by atoms with Crippen molar-refractivity contribution >= 4 is 17.7 Å². The van der Waals surface area contributed by atoms with Crippen LogP contribution in [0.3, 0.4) is 0 Å². The summed E-state index contributed by atoms with van der Waals surface area (Å²) in [6.45, 7) is 15.1. The molecule has 2 N–H and O–H groups in total. The van der Waals surface area contributed by atoms with E-state index < -0.39 is 11.4 Å². The molecule has 10 heteroatoms. The Morgan fingerprint density at radius 2 is 2.03 bits per heavy atom. The Bertz CT molecular complexity index is 990. The van der Waals surface area contributed by atoms with Crippen LogP contribution in [0.2, 0.25) is 0 Å². The van der Waals surface area contributed by atoms with Gasteiger partial charge in [0.05, 0.1) is 24.0 Å². The predicted molar refractivity (Wildman–Crippen MR) is 115 cm³/mol. The molecule has 0 unspecified atom stereocenters. The van der Waals surface area contributed by atoms with Gasteiger partial charge >= 0.3 is 6.03 Å². The van der Waals surface area contributed by atoms with Crippen molar-refractivity contribution in [2.24, 2.45) is 0 Å². The first-order chi connectivity index (χ1) is 14.6. The van der Waals surface area contributed by atoms with Crippen molar-refractivity contribution in [2.45, 2.75) is 65.7 Å². The van der Waals surface area contributed by atoms with Crippen molar-refractivity contribution in [3.05, 3.63) is 29.1 Å². The molecule has 0 saturated carbocycles. The minimum Gasteiger partial charge on any atom is -0.321 e. The molecule has 0 aromatic carbocycles. The van der Waals surface area contributed by atoms with Gasteiger partial charge in [-0.2, -0.15) is 5.10 Å². The maximum Gasteiger partial charge on any atom is 0.321 e. The Labute approximate surface area is 182 Å². The third-order valence-corrected chi connectivity index (χ3v) is 6.57. The van der Waals surface area contributed by atoms with E-state index in [9.17, 15) is 9.18 Å². The second-order valence-corrected chi connectivity index (χ2v) is 9.03. The van der Waals surface area contributed by atoms with Gasteiger partial charge in [0.1, 0.15) is 5.82 Å². The summed E-state index contributed by atoms with van der Waals surface area (Å²) in [6.07, 6.45) is 1.13. The van der Waals surface area contributed by atoms with E-state index in [1.807, 2.05) is 23.6 Å². The van der Waals surface area contributed by atoms with Crippen molar-refractivity contribution in [2.75, 3.05) is 25.0 Å². The summed E-state index contributed by atoms with van der Waals surface area (Å²) >= 11 is 0. The van der Waals surface area contributed by atoms with Crippen molar-refractivity contribution in [1.82, 2.24) is 34.9 Å². The fraction of sp³-hybridized carbons (Fsp3) is 0.619. The number of carbonyl (C=O) groups excluding carboxylic acids is 1. The van der Waals surface area contributed by atoms with E-state index in [-0.39, 0.29) is 17.9 Å². The van der Waals surface area contributed by atoms with Gasteiger partial charge in [-0.25, -0.2) is 19.2 Å². The average Bonchev–Trinajstić information content (AvgIpc) is 3.24. The van der Waals surface area contributed by atoms with Gasteiger partial charge in [0.25, 0.3) is 0 Å². The number of nitrogens with one attached hydrogen (secondary N) is 2. The number of rotatable bonds is 3. The standard InChI is InChI=1S/C21H31FN8O/c1-7-28-9-13(3)29(10-12(28)2)20(31)30-11-15-17(21(30,5)6)26-27-18(15)25-19-16(22)8-23-14(4)24-19/h8,12-13H,7,9-11H2,1-6H3,(H2,23,24,25,26,27)/t12-,13+/m1/s1. The summed E-state index contributed by atoms with van der Waals surface area (Å²) in [6, 6.07) is 0.462. The van der Waals surface area contributed by atoms with Crippen LogP contribution >= 0.6 is 0 Å². The lowest BCUT2D eigenvalue weighted by Crippen LogP contribution is -2.61. The third-order valence-electron chi connectivity index (χ3n) is 6.57. The molecule has 0 radical (unpaired) electrons. The van der Waals surface area contributed by atoms with Crippen LogP contribution in [-0.4, -0.2) is 72.6 Å². The SMILES string of the molecule is CCN1C[C@H](C)N(C(=O)N2Cc3c(Nc4nc(C)ncc4F)n[nH]c3C2(C)C)C[C@H]1C. The largest absolute Gasteiger partial charge is 0.321 e. The van der Waals surface area contributed by atoms with E-state index in [4.69, 9.17) is 0 Å². The monoisotopic (exact) mass is 430 g/mol. The summed E-state index contributed by atoms with van der Waals surface area (Å²) in [5.41, 5.74) is 1.13. The zero-order valence-electron chi connectivity index (χ0n) is 19.0. The summed E-state index contributed by atoms with van der Waals surface area (Å²) in [7, 11) is 0. The summed E-state index contributed by atoms with van der Waals surface area (Å²) < 4.78 is 14.2. The molecule has 2 aliphatic rings. The Morgan fingerprint density at radius 3 is 2.74 bits per heavy atom. The number of urea groups is 1. The second kappa shape index (κ2) is 7.74. The fourth-order valence-electron chi connectivity index (χ4n) is 4.64. The van der Waals surface area contributed by atoms with Gasteiger partial charge < -0.3 is 15.1 Å². The summed E-state index contributed by atoms with van der Waals surface area (Å²) in [4.78, 5) is 27.8. The Hall–Kier alpha value is -2.75. The first-order valence-electron chi connectivity index (χ1n) is 10.8. The molecule has 1 saturated heterocycles. The molecular formula is C21H31FN8O. The molecule has 31 heavy (non-hydrogen) atoms. The quantitative estimate of drug-likeness (QED) is 0.778. The maximum absolute atomic E-state index is 14.2. The second-order valence-electron chi connectivity index (χ2n) is 9.03. The van der Waals surface area contributed by atoms with Crippen LogP contribution in [0.25, 0.3) is 0 Å². The number of aryl methyl sites for hydroxylation is 1. The summed E-state index contributed by atoms with van der Waals surface area (Å²) in [5, 5.41) is 10.4. The van der Waals surface area contributed by atoms with Crippen LogP contribution in [0.5, 0.6) is 0 Å². The molecule has 4 rings (SSSR count). The van der Waals surface area contributed by atoms with Crippen LogP contribution in [-0.2, 0) is 12.1 Å². The molecule has 2 aromatic heterocycles. The molecule has 168 valence electrons. The van der Waals surface area contributed by atoms with Gasteiger partial charge in [0.15, 0.2) is 17.5 Å². The fourth-order valence-corrected chi connectivity index (χ4v) is 4.64. The van der Waals surface area contributed by atoms with Gasteiger partial charge in [-0.3, -0.25) is 10.00 Å². The third kappa shape index (κ3) is 3.62. The molecule has 2 atom stereocenters. The summed E-state index contributed by atoms with van der Waals surface area (Å²) in [5.74, 6) is 0.460.